The normalized spacial score (nSPS) is 10.7. The average molecular weight is 308 g/mol. The summed E-state index contributed by atoms with van der Waals surface area (Å²) in [7, 11) is 1.28. The van der Waals surface area contributed by atoms with E-state index >= 15 is 0 Å². The van der Waals surface area contributed by atoms with Gasteiger partial charge in [0.1, 0.15) is 0 Å². The summed E-state index contributed by atoms with van der Waals surface area (Å²) in [5.74, 6) is -1.41. The molecular formula is C15H20N2O5. The Morgan fingerprint density at radius 1 is 1.27 bits per heavy atom. The number of carboxylic acid groups (broad SMARTS) is 1. The number of anilines is 1. The number of carbonyl (C=O) groups is 3. The number of aliphatic carboxylic acids is 1. The lowest BCUT2D eigenvalue weighted by Gasteiger charge is -2.25. The van der Waals surface area contributed by atoms with E-state index in [0.717, 1.165) is 0 Å². The van der Waals surface area contributed by atoms with Gasteiger partial charge in [-0.05, 0) is 38.5 Å². The van der Waals surface area contributed by atoms with E-state index in [1.165, 1.54) is 13.2 Å². The van der Waals surface area contributed by atoms with Crippen LogP contribution >= 0.6 is 0 Å². The van der Waals surface area contributed by atoms with Crippen molar-refractivity contribution in [3.8, 4) is 0 Å². The molecule has 1 aromatic carbocycles. The van der Waals surface area contributed by atoms with Gasteiger partial charge in [0.15, 0.2) is 0 Å². The molecule has 22 heavy (non-hydrogen) atoms. The van der Waals surface area contributed by atoms with Crippen LogP contribution in [0.15, 0.2) is 24.3 Å². The molecule has 0 bridgehead atoms. The van der Waals surface area contributed by atoms with Gasteiger partial charge in [-0.3, -0.25) is 4.79 Å². The number of hydrogen-bond donors (Lipinski definition) is 3. The SMILES string of the molecule is COC(=O)c1cccc(NC(=O)NC(C)(C)CCC(=O)O)c1. The van der Waals surface area contributed by atoms with Crippen molar-refractivity contribution in [2.75, 3.05) is 12.4 Å². The van der Waals surface area contributed by atoms with Gasteiger partial charge in [0.05, 0.1) is 12.7 Å². The van der Waals surface area contributed by atoms with E-state index in [1.54, 1.807) is 32.0 Å². The fourth-order valence-corrected chi connectivity index (χ4v) is 1.79. The van der Waals surface area contributed by atoms with E-state index in [9.17, 15) is 14.4 Å². The zero-order chi connectivity index (χ0) is 16.8. The Morgan fingerprint density at radius 2 is 1.95 bits per heavy atom. The van der Waals surface area contributed by atoms with Gasteiger partial charge in [-0.1, -0.05) is 6.07 Å². The molecule has 3 N–H and O–H groups in total. The zero-order valence-electron chi connectivity index (χ0n) is 12.8. The van der Waals surface area contributed by atoms with E-state index in [2.05, 4.69) is 15.4 Å². The van der Waals surface area contributed by atoms with Crippen LogP contribution in [0.4, 0.5) is 10.5 Å². The topological polar surface area (TPSA) is 105 Å². The molecule has 7 heteroatoms. The van der Waals surface area contributed by atoms with E-state index in [0.29, 0.717) is 17.7 Å². The van der Waals surface area contributed by atoms with Crippen LogP contribution in [0.1, 0.15) is 37.0 Å². The lowest BCUT2D eigenvalue weighted by molar-refractivity contribution is -0.137. The molecule has 0 unspecified atom stereocenters. The number of benzene rings is 1. The van der Waals surface area contributed by atoms with Crippen LogP contribution in [0.3, 0.4) is 0 Å². The molecule has 1 aromatic rings. The van der Waals surface area contributed by atoms with Crippen molar-refractivity contribution in [2.45, 2.75) is 32.2 Å². The molecule has 0 atom stereocenters. The Balaban J connectivity index is 2.65. The number of urea groups is 1. The van der Waals surface area contributed by atoms with Crippen LogP contribution in [0.5, 0.6) is 0 Å². The Morgan fingerprint density at radius 3 is 2.55 bits per heavy atom. The molecule has 0 heterocycles. The second kappa shape index (κ2) is 7.44. The van der Waals surface area contributed by atoms with Gasteiger partial charge in [0, 0.05) is 17.6 Å². The predicted molar refractivity (Wildman–Crippen MR) is 80.9 cm³/mol. The second-order valence-corrected chi connectivity index (χ2v) is 5.43. The largest absolute Gasteiger partial charge is 0.481 e. The van der Waals surface area contributed by atoms with E-state index in [-0.39, 0.29) is 6.42 Å². The van der Waals surface area contributed by atoms with Crippen molar-refractivity contribution in [1.29, 1.82) is 0 Å². The first-order valence-electron chi connectivity index (χ1n) is 6.73. The van der Waals surface area contributed by atoms with Crippen molar-refractivity contribution in [3.05, 3.63) is 29.8 Å². The number of carboxylic acids is 1. The first-order valence-corrected chi connectivity index (χ1v) is 6.73. The van der Waals surface area contributed by atoms with E-state index < -0.39 is 23.5 Å². The zero-order valence-corrected chi connectivity index (χ0v) is 12.8. The van der Waals surface area contributed by atoms with Crippen molar-refractivity contribution in [1.82, 2.24) is 5.32 Å². The highest BCUT2D eigenvalue weighted by Crippen LogP contribution is 2.14. The van der Waals surface area contributed by atoms with Gasteiger partial charge >= 0.3 is 18.0 Å². The third kappa shape index (κ3) is 5.82. The maximum Gasteiger partial charge on any atom is 0.337 e. The van der Waals surface area contributed by atoms with Crippen LogP contribution in [-0.2, 0) is 9.53 Å². The van der Waals surface area contributed by atoms with Crippen LogP contribution in [0.2, 0.25) is 0 Å². The smallest absolute Gasteiger partial charge is 0.337 e. The van der Waals surface area contributed by atoms with Gasteiger partial charge < -0.3 is 20.5 Å². The highest BCUT2D eigenvalue weighted by Gasteiger charge is 2.21. The van der Waals surface area contributed by atoms with Crippen LogP contribution < -0.4 is 10.6 Å². The molecule has 0 saturated heterocycles. The summed E-state index contributed by atoms with van der Waals surface area (Å²) < 4.78 is 4.61. The average Bonchev–Trinajstić information content (AvgIpc) is 2.44. The Kier molecular flexibility index (Phi) is 5.91. The summed E-state index contributed by atoms with van der Waals surface area (Å²) in [5, 5.41) is 14.0. The molecule has 1 rings (SSSR count). The summed E-state index contributed by atoms with van der Waals surface area (Å²) >= 11 is 0. The fraction of sp³-hybridized carbons (Fsp3) is 0.400. The fourth-order valence-electron chi connectivity index (χ4n) is 1.79. The first-order chi connectivity index (χ1) is 10.2. The summed E-state index contributed by atoms with van der Waals surface area (Å²) in [6.45, 7) is 3.47. The van der Waals surface area contributed by atoms with Crippen LogP contribution in [-0.4, -0.2) is 35.7 Å². The molecule has 0 aliphatic carbocycles. The van der Waals surface area contributed by atoms with Gasteiger partial charge in [-0.25, -0.2) is 9.59 Å². The lowest BCUT2D eigenvalue weighted by atomic mass is 9.99. The molecule has 7 nitrogen and oxygen atoms in total. The van der Waals surface area contributed by atoms with Crippen LogP contribution in [0.25, 0.3) is 0 Å². The molecule has 0 spiro atoms. The Bertz CT molecular complexity index is 569. The summed E-state index contributed by atoms with van der Waals surface area (Å²) in [4.78, 5) is 33.9. The predicted octanol–water partition coefficient (Wildman–Crippen LogP) is 2.24. The van der Waals surface area contributed by atoms with Crippen molar-refractivity contribution >= 4 is 23.7 Å². The second-order valence-electron chi connectivity index (χ2n) is 5.43. The van der Waals surface area contributed by atoms with Gasteiger partial charge in [-0.2, -0.15) is 0 Å². The molecule has 0 saturated carbocycles. The molecule has 0 aliphatic heterocycles. The van der Waals surface area contributed by atoms with Crippen molar-refractivity contribution in [2.24, 2.45) is 0 Å². The molecular weight excluding hydrogens is 288 g/mol. The van der Waals surface area contributed by atoms with Gasteiger partial charge in [-0.15, -0.1) is 0 Å². The minimum atomic E-state index is -0.916. The molecule has 120 valence electrons. The number of hydrogen-bond acceptors (Lipinski definition) is 4. The minimum absolute atomic E-state index is 0.0366. The van der Waals surface area contributed by atoms with Gasteiger partial charge in [0.25, 0.3) is 0 Å². The molecule has 0 fully saturated rings. The number of ether oxygens (including phenoxy) is 1. The number of carbonyl (C=O) groups excluding carboxylic acids is 2. The molecule has 2 amide bonds. The van der Waals surface area contributed by atoms with E-state index in [1.807, 2.05) is 0 Å². The van der Waals surface area contributed by atoms with Crippen molar-refractivity contribution < 1.29 is 24.2 Å². The highest BCUT2D eigenvalue weighted by atomic mass is 16.5. The maximum atomic E-state index is 11.9. The monoisotopic (exact) mass is 308 g/mol. The molecule has 0 radical (unpaired) electrons. The highest BCUT2D eigenvalue weighted by molar-refractivity contribution is 5.94. The number of nitrogens with one attached hydrogen (secondary N) is 2. The first kappa shape index (κ1) is 17.5. The summed E-state index contributed by atoms with van der Waals surface area (Å²) in [5.41, 5.74) is 0.0995. The third-order valence-electron chi connectivity index (χ3n) is 2.96. The molecule has 0 aliphatic rings. The quantitative estimate of drug-likeness (QED) is 0.699. The lowest BCUT2D eigenvalue weighted by Crippen LogP contribution is -2.45. The number of esters is 1. The summed E-state index contributed by atoms with van der Waals surface area (Å²) in [6, 6.07) is 5.85. The number of methoxy groups -OCH3 is 1. The van der Waals surface area contributed by atoms with Crippen molar-refractivity contribution in [3.63, 3.8) is 0 Å². The van der Waals surface area contributed by atoms with E-state index in [4.69, 9.17) is 5.11 Å². The Hall–Kier alpha value is -2.57. The number of amides is 2. The summed E-state index contributed by atoms with van der Waals surface area (Å²) in [6.07, 6.45) is 0.267. The van der Waals surface area contributed by atoms with Gasteiger partial charge in [0.2, 0.25) is 0 Å². The van der Waals surface area contributed by atoms with Crippen LogP contribution in [0, 0.1) is 0 Å². The third-order valence-corrected chi connectivity index (χ3v) is 2.96. The maximum absolute atomic E-state index is 11.9. The minimum Gasteiger partial charge on any atom is -0.481 e. The number of rotatable bonds is 6. The molecule has 0 aromatic heterocycles. The Labute approximate surface area is 128 Å². The standard InChI is InChI=1S/C15H20N2O5/c1-15(2,8-7-12(18)19)17-14(21)16-11-6-4-5-10(9-11)13(20)22-3/h4-6,9H,7-8H2,1-3H3,(H,18,19)(H2,16,17,21).